The predicted molar refractivity (Wildman–Crippen MR) is 96.4 cm³/mol. The Morgan fingerprint density at radius 2 is 2.28 bits per heavy atom. The van der Waals surface area contributed by atoms with Gasteiger partial charge in [0.2, 0.25) is 0 Å². The van der Waals surface area contributed by atoms with Crippen molar-refractivity contribution in [3.63, 3.8) is 0 Å². The average Bonchev–Trinajstić information content (AvgIpc) is 3.26. The first-order valence-corrected chi connectivity index (χ1v) is 8.80. The quantitative estimate of drug-likeness (QED) is 0.752. The van der Waals surface area contributed by atoms with Crippen LogP contribution in [0, 0.1) is 5.92 Å². The number of nitrogens with one attached hydrogen (secondary N) is 2. The Hall–Kier alpha value is -2.18. The van der Waals surface area contributed by atoms with E-state index in [9.17, 15) is 4.79 Å². The molecular formula is C19H26N4O2. The van der Waals surface area contributed by atoms with E-state index in [1.807, 2.05) is 42.2 Å². The van der Waals surface area contributed by atoms with Crippen molar-refractivity contribution in [3.05, 3.63) is 53.3 Å². The number of benzene rings is 1. The molecule has 2 aromatic rings. The minimum atomic E-state index is -0.0445. The maximum absolute atomic E-state index is 11.7. The number of carbonyl (C=O) groups excluding carboxylic acids is 1. The minimum Gasteiger partial charge on any atom is -0.372 e. The normalized spacial score (nSPS) is 19.9. The van der Waals surface area contributed by atoms with Gasteiger partial charge < -0.3 is 15.4 Å². The summed E-state index contributed by atoms with van der Waals surface area (Å²) in [6.45, 7) is 2.60. The van der Waals surface area contributed by atoms with Crippen molar-refractivity contribution in [1.82, 2.24) is 20.4 Å². The molecule has 1 aromatic heterocycles. The van der Waals surface area contributed by atoms with Gasteiger partial charge in [-0.3, -0.25) is 9.48 Å². The molecule has 3 rings (SSSR count). The van der Waals surface area contributed by atoms with Crippen molar-refractivity contribution < 1.29 is 9.53 Å². The van der Waals surface area contributed by atoms with Crippen LogP contribution in [0.5, 0.6) is 0 Å². The molecule has 1 saturated heterocycles. The molecule has 0 bridgehead atoms. The highest BCUT2D eigenvalue weighted by Gasteiger charge is 2.31. The zero-order chi connectivity index (χ0) is 17.6. The van der Waals surface area contributed by atoms with Gasteiger partial charge in [0.05, 0.1) is 5.69 Å². The summed E-state index contributed by atoms with van der Waals surface area (Å²) < 4.78 is 7.81. The second-order valence-corrected chi connectivity index (χ2v) is 6.45. The van der Waals surface area contributed by atoms with E-state index in [2.05, 4.69) is 21.8 Å². The Morgan fingerprint density at radius 1 is 1.40 bits per heavy atom. The molecule has 0 radical (unpaired) electrons. The van der Waals surface area contributed by atoms with Crippen LogP contribution in [0.2, 0.25) is 0 Å². The highest BCUT2D eigenvalue weighted by atomic mass is 16.5. The maximum Gasteiger partial charge on any atom is 0.251 e. The molecule has 0 aliphatic carbocycles. The second kappa shape index (κ2) is 8.27. The Balaban J connectivity index is 1.48. The van der Waals surface area contributed by atoms with Crippen molar-refractivity contribution in [2.24, 2.45) is 13.0 Å². The minimum absolute atomic E-state index is 0.0445. The highest BCUT2D eigenvalue weighted by Crippen LogP contribution is 2.33. The standard InChI is InChI=1S/C19H26N4O2/c1-20-19(24)15-5-3-4-14(12-15)6-9-21-13-16-8-11-25-18(16)17-7-10-22-23(17)2/h3-5,7,10,12,16,18,21H,6,8-9,11,13H2,1-2H3,(H,20,24)/t16-,18+/m0/s1. The average molecular weight is 342 g/mol. The van der Waals surface area contributed by atoms with Gasteiger partial charge in [-0.05, 0) is 43.1 Å². The molecule has 6 nitrogen and oxygen atoms in total. The summed E-state index contributed by atoms with van der Waals surface area (Å²) in [4.78, 5) is 11.7. The van der Waals surface area contributed by atoms with Gasteiger partial charge in [0.1, 0.15) is 6.10 Å². The third-order valence-electron chi connectivity index (χ3n) is 4.78. The van der Waals surface area contributed by atoms with Gasteiger partial charge in [-0.15, -0.1) is 0 Å². The molecule has 25 heavy (non-hydrogen) atoms. The zero-order valence-electron chi connectivity index (χ0n) is 14.9. The number of hydrogen-bond donors (Lipinski definition) is 2. The summed E-state index contributed by atoms with van der Waals surface area (Å²) in [5.74, 6) is 0.421. The van der Waals surface area contributed by atoms with Crippen LogP contribution in [0.4, 0.5) is 0 Å². The number of hydrogen-bond acceptors (Lipinski definition) is 4. The molecule has 1 amide bonds. The van der Waals surface area contributed by atoms with E-state index < -0.39 is 0 Å². The van der Waals surface area contributed by atoms with Gasteiger partial charge in [-0.2, -0.15) is 5.10 Å². The monoisotopic (exact) mass is 342 g/mol. The number of amides is 1. The molecule has 2 heterocycles. The second-order valence-electron chi connectivity index (χ2n) is 6.45. The lowest BCUT2D eigenvalue weighted by Crippen LogP contribution is -2.27. The van der Waals surface area contributed by atoms with Gasteiger partial charge in [-0.25, -0.2) is 0 Å². The maximum atomic E-state index is 11.7. The lowest BCUT2D eigenvalue weighted by molar-refractivity contribution is 0.0839. The summed E-state index contributed by atoms with van der Waals surface area (Å²) in [5.41, 5.74) is 3.02. The smallest absolute Gasteiger partial charge is 0.251 e. The molecule has 1 fully saturated rings. The fourth-order valence-electron chi connectivity index (χ4n) is 3.37. The van der Waals surface area contributed by atoms with Gasteiger partial charge in [-0.1, -0.05) is 12.1 Å². The molecule has 1 aromatic carbocycles. The fourth-order valence-corrected chi connectivity index (χ4v) is 3.37. The fraction of sp³-hybridized carbons (Fsp3) is 0.474. The van der Waals surface area contributed by atoms with E-state index in [1.165, 1.54) is 5.56 Å². The predicted octanol–water partition coefficient (Wildman–Crippen LogP) is 1.69. The molecular weight excluding hydrogens is 316 g/mol. The van der Waals surface area contributed by atoms with Gasteiger partial charge in [0.15, 0.2) is 0 Å². The topological polar surface area (TPSA) is 68.2 Å². The summed E-state index contributed by atoms with van der Waals surface area (Å²) in [7, 11) is 3.61. The van der Waals surface area contributed by atoms with Crippen LogP contribution in [0.25, 0.3) is 0 Å². The molecule has 0 spiro atoms. The molecule has 134 valence electrons. The molecule has 1 aliphatic rings. The van der Waals surface area contributed by atoms with Crippen molar-refractivity contribution in [3.8, 4) is 0 Å². The van der Waals surface area contributed by atoms with Crippen molar-refractivity contribution in [2.75, 3.05) is 26.7 Å². The first-order valence-electron chi connectivity index (χ1n) is 8.80. The number of ether oxygens (including phenoxy) is 1. The summed E-state index contributed by atoms with van der Waals surface area (Å²) in [5, 5.41) is 10.4. The Bertz CT molecular complexity index is 713. The van der Waals surface area contributed by atoms with E-state index in [0.29, 0.717) is 11.5 Å². The molecule has 6 heteroatoms. The Labute approximate surface area is 148 Å². The third-order valence-corrected chi connectivity index (χ3v) is 4.78. The Morgan fingerprint density at radius 3 is 3.04 bits per heavy atom. The lowest BCUT2D eigenvalue weighted by Gasteiger charge is -2.19. The van der Waals surface area contributed by atoms with Gasteiger partial charge >= 0.3 is 0 Å². The lowest BCUT2D eigenvalue weighted by atomic mass is 9.99. The molecule has 1 aliphatic heterocycles. The molecule has 0 unspecified atom stereocenters. The van der Waals surface area contributed by atoms with Crippen LogP contribution in [-0.4, -0.2) is 42.4 Å². The number of aromatic nitrogens is 2. The summed E-state index contributed by atoms with van der Waals surface area (Å²) in [6, 6.07) is 9.82. The summed E-state index contributed by atoms with van der Waals surface area (Å²) >= 11 is 0. The number of nitrogens with zero attached hydrogens (tertiary/aromatic N) is 2. The van der Waals surface area contributed by atoms with Crippen LogP contribution in [-0.2, 0) is 18.2 Å². The SMILES string of the molecule is CNC(=O)c1cccc(CCNC[C@@H]2CCO[C@H]2c2ccnn2C)c1. The van der Waals surface area contributed by atoms with E-state index in [4.69, 9.17) is 4.74 Å². The zero-order valence-corrected chi connectivity index (χ0v) is 14.9. The van der Waals surface area contributed by atoms with Crippen molar-refractivity contribution in [1.29, 1.82) is 0 Å². The van der Waals surface area contributed by atoms with E-state index in [0.717, 1.165) is 38.2 Å². The first kappa shape index (κ1) is 17.6. The van der Waals surface area contributed by atoms with Crippen molar-refractivity contribution in [2.45, 2.75) is 18.9 Å². The number of carbonyl (C=O) groups is 1. The van der Waals surface area contributed by atoms with Gasteiger partial charge in [0, 0.05) is 44.9 Å². The van der Waals surface area contributed by atoms with Crippen molar-refractivity contribution >= 4 is 5.91 Å². The van der Waals surface area contributed by atoms with Crippen LogP contribution in [0.3, 0.4) is 0 Å². The number of aryl methyl sites for hydroxylation is 1. The highest BCUT2D eigenvalue weighted by molar-refractivity contribution is 5.94. The van der Waals surface area contributed by atoms with Crippen LogP contribution >= 0.6 is 0 Å². The summed E-state index contributed by atoms with van der Waals surface area (Å²) in [6.07, 6.45) is 3.90. The van der Waals surface area contributed by atoms with Crippen LogP contribution in [0.15, 0.2) is 36.5 Å². The van der Waals surface area contributed by atoms with Crippen LogP contribution < -0.4 is 10.6 Å². The largest absolute Gasteiger partial charge is 0.372 e. The molecule has 0 saturated carbocycles. The Kier molecular flexibility index (Phi) is 5.83. The third kappa shape index (κ3) is 4.27. The number of rotatable bonds is 7. The van der Waals surface area contributed by atoms with E-state index in [1.54, 1.807) is 7.05 Å². The van der Waals surface area contributed by atoms with Crippen LogP contribution in [0.1, 0.15) is 34.1 Å². The van der Waals surface area contributed by atoms with Gasteiger partial charge in [0.25, 0.3) is 5.91 Å². The molecule has 2 atom stereocenters. The first-order chi connectivity index (χ1) is 12.2. The molecule has 2 N–H and O–H groups in total. The van der Waals surface area contributed by atoms with E-state index >= 15 is 0 Å². The van der Waals surface area contributed by atoms with E-state index in [-0.39, 0.29) is 12.0 Å².